The number of nitrogens with one attached hydrogen (secondary N) is 1. The first-order valence-electron chi connectivity index (χ1n) is 6.39. The molecule has 0 aromatic rings. The quantitative estimate of drug-likeness (QED) is 0.628. The van der Waals surface area contributed by atoms with E-state index in [2.05, 4.69) is 37.4 Å². The summed E-state index contributed by atoms with van der Waals surface area (Å²) in [6.45, 7) is 6.83. The third kappa shape index (κ3) is 5.78. The van der Waals surface area contributed by atoms with E-state index in [1.807, 2.05) is 0 Å². The molecule has 1 aliphatic carbocycles. The van der Waals surface area contributed by atoms with Gasteiger partial charge in [-0.25, -0.2) is 0 Å². The van der Waals surface area contributed by atoms with Crippen molar-refractivity contribution in [1.29, 1.82) is 0 Å². The molecule has 15 heavy (non-hydrogen) atoms. The molecule has 0 spiro atoms. The van der Waals surface area contributed by atoms with E-state index in [-0.39, 0.29) is 0 Å². The molecule has 0 aromatic heterocycles. The van der Waals surface area contributed by atoms with Crippen LogP contribution in [0, 0.1) is 5.92 Å². The Labute approximate surface area is 94.6 Å². The van der Waals surface area contributed by atoms with Crippen LogP contribution in [0.2, 0.25) is 0 Å². The molecular formula is C14H25N. The molecule has 1 rings (SSSR count). The van der Waals surface area contributed by atoms with Crippen molar-refractivity contribution in [2.75, 3.05) is 13.1 Å². The van der Waals surface area contributed by atoms with E-state index in [0.29, 0.717) is 0 Å². The normalized spacial score (nSPS) is 17.6. The standard InChI is InChI=1S/C14H25N/c1-3-13(2)8-7-11-15-12-14-9-5-4-6-10-14/h5,9-10,13,15H,3-4,6-8,11-12H2,1-2H3. The lowest BCUT2D eigenvalue weighted by Gasteiger charge is -2.10. The molecule has 86 valence electrons. The molecule has 0 amide bonds. The lowest BCUT2D eigenvalue weighted by Crippen LogP contribution is -2.18. The van der Waals surface area contributed by atoms with Gasteiger partial charge in [-0.1, -0.05) is 38.5 Å². The summed E-state index contributed by atoms with van der Waals surface area (Å²) in [5.74, 6) is 0.889. The molecule has 0 fully saturated rings. The molecule has 1 atom stereocenters. The average Bonchev–Trinajstić information content (AvgIpc) is 2.29. The van der Waals surface area contributed by atoms with Gasteiger partial charge in [-0.15, -0.1) is 0 Å². The molecular weight excluding hydrogens is 182 g/mol. The zero-order valence-electron chi connectivity index (χ0n) is 10.3. The summed E-state index contributed by atoms with van der Waals surface area (Å²) in [5, 5.41) is 3.52. The minimum absolute atomic E-state index is 0.889. The Bertz CT molecular complexity index is 215. The van der Waals surface area contributed by atoms with Gasteiger partial charge in [0.1, 0.15) is 0 Å². The van der Waals surface area contributed by atoms with Gasteiger partial charge in [-0.3, -0.25) is 0 Å². The van der Waals surface area contributed by atoms with Crippen LogP contribution in [0.3, 0.4) is 0 Å². The maximum atomic E-state index is 3.52. The molecule has 0 heterocycles. The fraction of sp³-hybridized carbons (Fsp3) is 0.714. The van der Waals surface area contributed by atoms with E-state index >= 15 is 0 Å². The Hall–Kier alpha value is -0.560. The van der Waals surface area contributed by atoms with Gasteiger partial charge < -0.3 is 5.32 Å². The number of rotatable bonds is 7. The second-order valence-corrected chi connectivity index (χ2v) is 4.59. The zero-order chi connectivity index (χ0) is 10.9. The van der Waals surface area contributed by atoms with Gasteiger partial charge in [0.2, 0.25) is 0 Å². The lowest BCUT2D eigenvalue weighted by atomic mass is 10.0. The van der Waals surface area contributed by atoms with Crippen LogP contribution in [0.1, 0.15) is 46.0 Å². The zero-order valence-corrected chi connectivity index (χ0v) is 10.3. The fourth-order valence-corrected chi connectivity index (χ4v) is 1.81. The van der Waals surface area contributed by atoms with Crippen molar-refractivity contribution in [2.45, 2.75) is 46.0 Å². The van der Waals surface area contributed by atoms with Crippen LogP contribution in [0.4, 0.5) is 0 Å². The highest BCUT2D eigenvalue weighted by atomic mass is 14.8. The lowest BCUT2D eigenvalue weighted by molar-refractivity contribution is 0.485. The van der Waals surface area contributed by atoms with Gasteiger partial charge in [0, 0.05) is 6.54 Å². The van der Waals surface area contributed by atoms with Crippen molar-refractivity contribution >= 4 is 0 Å². The highest BCUT2D eigenvalue weighted by Gasteiger charge is 1.99. The third-order valence-corrected chi connectivity index (χ3v) is 3.15. The second-order valence-electron chi connectivity index (χ2n) is 4.59. The van der Waals surface area contributed by atoms with E-state index in [4.69, 9.17) is 0 Å². The van der Waals surface area contributed by atoms with E-state index in [0.717, 1.165) is 19.0 Å². The molecule has 0 bridgehead atoms. The van der Waals surface area contributed by atoms with Crippen molar-refractivity contribution < 1.29 is 0 Å². The third-order valence-electron chi connectivity index (χ3n) is 3.15. The Morgan fingerprint density at radius 2 is 2.27 bits per heavy atom. The van der Waals surface area contributed by atoms with Crippen molar-refractivity contribution in [2.24, 2.45) is 5.92 Å². The molecule has 1 nitrogen and oxygen atoms in total. The smallest absolute Gasteiger partial charge is 0.0202 e. The Kier molecular flexibility index (Phi) is 6.42. The highest BCUT2D eigenvalue weighted by molar-refractivity contribution is 5.23. The summed E-state index contributed by atoms with van der Waals surface area (Å²) < 4.78 is 0. The summed E-state index contributed by atoms with van der Waals surface area (Å²) in [7, 11) is 0. The summed E-state index contributed by atoms with van der Waals surface area (Å²) in [6, 6.07) is 0. The van der Waals surface area contributed by atoms with Crippen LogP contribution >= 0.6 is 0 Å². The predicted octanol–water partition coefficient (Wildman–Crippen LogP) is 3.68. The summed E-state index contributed by atoms with van der Waals surface area (Å²) >= 11 is 0. The van der Waals surface area contributed by atoms with Gasteiger partial charge >= 0.3 is 0 Å². The fourth-order valence-electron chi connectivity index (χ4n) is 1.81. The summed E-state index contributed by atoms with van der Waals surface area (Å²) in [4.78, 5) is 0. The number of hydrogen-bond donors (Lipinski definition) is 1. The first-order chi connectivity index (χ1) is 7.33. The van der Waals surface area contributed by atoms with Gasteiger partial charge in [0.25, 0.3) is 0 Å². The van der Waals surface area contributed by atoms with Crippen molar-refractivity contribution in [1.82, 2.24) is 5.32 Å². The number of hydrogen-bond acceptors (Lipinski definition) is 1. The monoisotopic (exact) mass is 207 g/mol. The molecule has 0 saturated heterocycles. The predicted molar refractivity (Wildman–Crippen MR) is 68.0 cm³/mol. The van der Waals surface area contributed by atoms with Crippen LogP contribution in [-0.4, -0.2) is 13.1 Å². The molecule has 1 N–H and O–H groups in total. The minimum Gasteiger partial charge on any atom is -0.313 e. The Morgan fingerprint density at radius 3 is 2.93 bits per heavy atom. The molecule has 1 aliphatic rings. The van der Waals surface area contributed by atoms with Crippen LogP contribution in [0.15, 0.2) is 23.8 Å². The van der Waals surface area contributed by atoms with Crippen LogP contribution in [0.25, 0.3) is 0 Å². The second kappa shape index (κ2) is 7.70. The molecule has 0 radical (unpaired) electrons. The highest BCUT2D eigenvalue weighted by Crippen LogP contribution is 2.09. The van der Waals surface area contributed by atoms with Gasteiger partial charge in [0.05, 0.1) is 0 Å². The maximum Gasteiger partial charge on any atom is 0.0202 e. The Morgan fingerprint density at radius 1 is 1.40 bits per heavy atom. The molecule has 0 aliphatic heterocycles. The van der Waals surface area contributed by atoms with E-state index < -0.39 is 0 Å². The summed E-state index contributed by atoms with van der Waals surface area (Å²) in [6.07, 6.45) is 13.3. The molecule has 0 aromatic carbocycles. The van der Waals surface area contributed by atoms with Gasteiger partial charge in [0.15, 0.2) is 0 Å². The first kappa shape index (κ1) is 12.5. The first-order valence-corrected chi connectivity index (χ1v) is 6.39. The SMILES string of the molecule is CCC(C)CCCNCC1=CCCC=C1. The molecule has 1 heteroatoms. The van der Waals surface area contributed by atoms with Crippen molar-refractivity contribution in [3.05, 3.63) is 23.8 Å². The van der Waals surface area contributed by atoms with Gasteiger partial charge in [-0.2, -0.15) is 0 Å². The molecule has 0 saturated carbocycles. The number of allylic oxidation sites excluding steroid dienone is 2. The van der Waals surface area contributed by atoms with E-state index in [9.17, 15) is 0 Å². The van der Waals surface area contributed by atoms with Crippen LogP contribution < -0.4 is 5.32 Å². The van der Waals surface area contributed by atoms with Crippen LogP contribution in [0.5, 0.6) is 0 Å². The van der Waals surface area contributed by atoms with Crippen molar-refractivity contribution in [3.63, 3.8) is 0 Å². The average molecular weight is 207 g/mol. The largest absolute Gasteiger partial charge is 0.313 e. The van der Waals surface area contributed by atoms with Crippen LogP contribution in [-0.2, 0) is 0 Å². The Balaban J connectivity index is 1.97. The summed E-state index contributed by atoms with van der Waals surface area (Å²) in [5.41, 5.74) is 1.46. The van der Waals surface area contributed by atoms with E-state index in [1.165, 1.54) is 37.7 Å². The minimum atomic E-state index is 0.889. The molecule has 1 unspecified atom stereocenters. The van der Waals surface area contributed by atoms with Gasteiger partial charge in [-0.05, 0) is 43.7 Å². The van der Waals surface area contributed by atoms with Crippen molar-refractivity contribution in [3.8, 4) is 0 Å². The van der Waals surface area contributed by atoms with E-state index in [1.54, 1.807) is 0 Å². The maximum absolute atomic E-state index is 3.52. The topological polar surface area (TPSA) is 12.0 Å².